The Kier molecular flexibility index (Phi) is 14.0. The quantitative estimate of drug-likeness (QED) is 0.114. The number of ether oxygens (including phenoxy) is 1. The standard InChI is InChI=1S/C32H49N5O7/c1-8-13-23(25(38)28(40)33-16-9-2)35-27(39)24-17-20(3)18-37(24)29(41)26(32(5,6)7)36-31(43)34-21(4)30(42)44-19-22-14-11-10-12-15-22/h9-12,14-15,20-21,23-24,26,30,42H,2,8,13,16-19H2,1,3-7H3,(H,33,40)(H,35,39)(H2,34,36,43)/t20-,21+,23?,24+,26-,30?/m1/s1. The van der Waals surface area contributed by atoms with Crippen LogP contribution in [0, 0.1) is 11.3 Å². The normalized spacial score (nSPS) is 19.2. The van der Waals surface area contributed by atoms with Crippen molar-refractivity contribution >= 4 is 29.5 Å². The topological polar surface area (TPSA) is 166 Å². The number of nitrogens with zero attached hydrogens (tertiary/aromatic N) is 1. The number of benzene rings is 1. The number of rotatable bonds is 15. The van der Waals surface area contributed by atoms with Crippen molar-refractivity contribution in [3.05, 3.63) is 48.6 Å². The number of Topliss-reactive ketones (excluding diaryl/α,β-unsaturated/α-hetero) is 1. The highest BCUT2D eigenvalue weighted by Crippen LogP contribution is 2.28. The molecule has 1 aliphatic heterocycles. The van der Waals surface area contributed by atoms with E-state index < -0.39 is 65.4 Å². The summed E-state index contributed by atoms with van der Waals surface area (Å²) in [6, 6.07) is 4.87. The molecule has 6 atom stereocenters. The van der Waals surface area contributed by atoms with Gasteiger partial charge in [0.15, 0.2) is 6.29 Å². The molecule has 2 unspecified atom stereocenters. The molecule has 0 aliphatic carbocycles. The third-order valence-corrected chi connectivity index (χ3v) is 7.38. The summed E-state index contributed by atoms with van der Waals surface area (Å²) in [5.74, 6) is -2.58. The van der Waals surface area contributed by atoms with E-state index in [1.54, 1.807) is 27.7 Å². The predicted molar refractivity (Wildman–Crippen MR) is 166 cm³/mol. The van der Waals surface area contributed by atoms with Crippen LogP contribution < -0.4 is 21.3 Å². The first kappa shape index (κ1) is 36.4. The van der Waals surface area contributed by atoms with Gasteiger partial charge in [0.05, 0.1) is 18.7 Å². The second-order valence-corrected chi connectivity index (χ2v) is 12.5. The van der Waals surface area contributed by atoms with Crippen molar-refractivity contribution in [2.24, 2.45) is 11.3 Å². The van der Waals surface area contributed by atoms with Crippen molar-refractivity contribution in [2.45, 2.75) is 97.9 Å². The molecule has 244 valence electrons. The minimum atomic E-state index is -1.30. The van der Waals surface area contributed by atoms with Crippen LogP contribution in [-0.2, 0) is 30.5 Å². The maximum atomic E-state index is 13.9. The van der Waals surface area contributed by atoms with Crippen LogP contribution in [0.4, 0.5) is 4.79 Å². The SMILES string of the molecule is C=CCNC(=O)C(=O)C(CCC)NC(=O)[C@@H]1C[C@@H](C)CN1C(=O)[C@@H](NC(=O)N[C@@H](C)C(O)OCc1ccccc1)C(C)(C)C. The van der Waals surface area contributed by atoms with Crippen LogP contribution in [0.5, 0.6) is 0 Å². The Labute approximate surface area is 260 Å². The minimum absolute atomic E-state index is 0.0164. The molecule has 12 nitrogen and oxygen atoms in total. The Hall–Kier alpha value is -3.77. The first-order valence-electron chi connectivity index (χ1n) is 15.1. The number of aliphatic hydroxyl groups excluding tert-OH is 1. The molecule has 1 aromatic rings. The summed E-state index contributed by atoms with van der Waals surface area (Å²) in [4.78, 5) is 66.9. The summed E-state index contributed by atoms with van der Waals surface area (Å²) >= 11 is 0. The van der Waals surface area contributed by atoms with Gasteiger partial charge in [-0.15, -0.1) is 6.58 Å². The monoisotopic (exact) mass is 615 g/mol. The molecule has 0 spiro atoms. The molecule has 0 bridgehead atoms. The van der Waals surface area contributed by atoms with Crippen LogP contribution in [0.2, 0.25) is 0 Å². The highest BCUT2D eigenvalue weighted by Gasteiger charge is 2.44. The molecule has 5 amide bonds. The minimum Gasteiger partial charge on any atom is -0.366 e. The number of aliphatic hydroxyl groups is 1. The van der Waals surface area contributed by atoms with Crippen molar-refractivity contribution in [1.82, 2.24) is 26.2 Å². The average molecular weight is 616 g/mol. The number of carbonyl (C=O) groups excluding carboxylic acids is 5. The van der Waals surface area contributed by atoms with E-state index in [-0.39, 0.29) is 32.0 Å². The zero-order valence-corrected chi connectivity index (χ0v) is 26.7. The van der Waals surface area contributed by atoms with Crippen LogP contribution in [0.3, 0.4) is 0 Å². The van der Waals surface area contributed by atoms with E-state index in [0.717, 1.165) is 5.56 Å². The lowest BCUT2D eigenvalue weighted by Crippen LogP contribution is -2.61. The number of nitrogens with one attached hydrogen (secondary N) is 4. The van der Waals surface area contributed by atoms with Crippen LogP contribution in [0.1, 0.15) is 66.4 Å². The Morgan fingerprint density at radius 3 is 2.36 bits per heavy atom. The average Bonchev–Trinajstić information content (AvgIpc) is 3.38. The van der Waals surface area contributed by atoms with Gasteiger partial charge in [-0.3, -0.25) is 19.2 Å². The van der Waals surface area contributed by atoms with E-state index in [1.807, 2.05) is 44.2 Å². The van der Waals surface area contributed by atoms with Crippen molar-refractivity contribution in [1.29, 1.82) is 0 Å². The summed E-state index contributed by atoms with van der Waals surface area (Å²) in [5.41, 5.74) is 0.123. The van der Waals surface area contributed by atoms with Gasteiger partial charge >= 0.3 is 6.03 Å². The highest BCUT2D eigenvalue weighted by molar-refractivity contribution is 6.38. The van der Waals surface area contributed by atoms with Gasteiger partial charge in [-0.1, -0.05) is 77.4 Å². The van der Waals surface area contributed by atoms with Gasteiger partial charge in [-0.25, -0.2) is 4.79 Å². The molecule has 44 heavy (non-hydrogen) atoms. The smallest absolute Gasteiger partial charge is 0.315 e. The Morgan fingerprint density at radius 1 is 1.11 bits per heavy atom. The molecule has 2 rings (SSSR count). The molecular formula is C32H49N5O7. The van der Waals surface area contributed by atoms with Gasteiger partial charge < -0.3 is 36.0 Å². The van der Waals surface area contributed by atoms with Crippen LogP contribution in [0.25, 0.3) is 0 Å². The van der Waals surface area contributed by atoms with E-state index in [1.165, 1.54) is 11.0 Å². The molecule has 12 heteroatoms. The zero-order valence-electron chi connectivity index (χ0n) is 26.7. The second-order valence-electron chi connectivity index (χ2n) is 12.5. The van der Waals surface area contributed by atoms with E-state index >= 15 is 0 Å². The summed E-state index contributed by atoms with van der Waals surface area (Å²) in [7, 11) is 0. The Bertz CT molecular complexity index is 1150. The van der Waals surface area contributed by atoms with E-state index in [4.69, 9.17) is 4.74 Å². The van der Waals surface area contributed by atoms with Crippen molar-refractivity contribution in [3.63, 3.8) is 0 Å². The van der Waals surface area contributed by atoms with Gasteiger partial charge in [-0.05, 0) is 36.7 Å². The molecule has 1 saturated heterocycles. The number of carbonyl (C=O) groups is 5. The molecule has 1 aromatic carbocycles. The van der Waals surface area contributed by atoms with Crippen molar-refractivity contribution < 1.29 is 33.8 Å². The van der Waals surface area contributed by atoms with Crippen LogP contribution >= 0.6 is 0 Å². The number of ketones is 1. The molecule has 0 saturated carbocycles. The zero-order chi connectivity index (χ0) is 33.0. The molecule has 0 aromatic heterocycles. The number of hydrogen-bond donors (Lipinski definition) is 5. The summed E-state index contributed by atoms with van der Waals surface area (Å²) in [6.45, 7) is 14.8. The van der Waals surface area contributed by atoms with Gasteiger partial charge in [0.1, 0.15) is 12.1 Å². The second kappa shape index (κ2) is 16.9. The summed E-state index contributed by atoms with van der Waals surface area (Å²) in [6.07, 6.45) is 1.32. The number of amides is 5. The lowest BCUT2D eigenvalue weighted by atomic mass is 9.85. The fourth-order valence-electron chi connectivity index (χ4n) is 4.94. The van der Waals surface area contributed by atoms with Crippen molar-refractivity contribution in [2.75, 3.05) is 13.1 Å². The molecule has 1 fully saturated rings. The molecule has 1 heterocycles. The predicted octanol–water partition coefficient (Wildman–Crippen LogP) is 2.02. The van der Waals surface area contributed by atoms with Gasteiger partial charge in [0, 0.05) is 13.1 Å². The van der Waals surface area contributed by atoms with E-state index in [0.29, 0.717) is 12.8 Å². The Balaban J connectivity index is 2.11. The highest BCUT2D eigenvalue weighted by atomic mass is 16.6. The van der Waals surface area contributed by atoms with Gasteiger partial charge in [0.25, 0.3) is 5.91 Å². The largest absolute Gasteiger partial charge is 0.366 e. The fourth-order valence-corrected chi connectivity index (χ4v) is 4.94. The third-order valence-electron chi connectivity index (χ3n) is 7.38. The first-order valence-corrected chi connectivity index (χ1v) is 15.1. The summed E-state index contributed by atoms with van der Waals surface area (Å²) in [5, 5.41) is 20.9. The van der Waals surface area contributed by atoms with Crippen LogP contribution in [-0.4, -0.2) is 83.1 Å². The molecule has 1 aliphatic rings. The van der Waals surface area contributed by atoms with Crippen LogP contribution in [0.15, 0.2) is 43.0 Å². The van der Waals surface area contributed by atoms with Crippen molar-refractivity contribution in [3.8, 4) is 0 Å². The number of urea groups is 1. The summed E-state index contributed by atoms with van der Waals surface area (Å²) < 4.78 is 5.48. The van der Waals surface area contributed by atoms with Gasteiger partial charge in [0.2, 0.25) is 17.6 Å². The number of hydrogen-bond acceptors (Lipinski definition) is 7. The fraction of sp³-hybridized carbons (Fsp3) is 0.594. The molecule has 5 N–H and O–H groups in total. The first-order chi connectivity index (χ1) is 20.7. The lowest BCUT2D eigenvalue weighted by molar-refractivity contribution is -0.143. The molecular weight excluding hydrogens is 566 g/mol. The molecule has 0 radical (unpaired) electrons. The maximum Gasteiger partial charge on any atom is 0.315 e. The number of likely N-dealkylation sites (tertiary alicyclic amines) is 1. The van der Waals surface area contributed by atoms with E-state index in [9.17, 15) is 29.1 Å². The lowest BCUT2D eigenvalue weighted by Gasteiger charge is -2.36. The Morgan fingerprint density at radius 2 is 1.77 bits per heavy atom. The third kappa shape index (κ3) is 10.7. The maximum absolute atomic E-state index is 13.9. The van der Waals surface area contributed by atoms with Gasteiger partial charge in [-0.2, -0.15) is 0 Å². The van der Waals surface area contributed by atoms with E-state index in [2.05, 4.69) is 27.8 Å².